The molecule has 0 fully saturated rings. The number of benzene rings is 2. The van der Waals surface area contributed by atoms with Crippen LogP contribution in [-0.4, -0.2) is 10.2 Å². The molecule has 2 heteroatoms. The number of quaternary nitrogens is 1. The Morgan fingerprint density at radius 2 is 1.10 bits per heavy atom. The van der Waals surface area contributed by atoms with Gasteiger partial charge in [-0.25, -0.2) is 0 Å². The minimum Gasteiger partial charge on any atom is -0.632 e. The fraction of sp³-hybridized carbons (Fsp3) is 0.333. The largest absolute Gasteiger partial charge is 0.632 e. The summed E-state index contributed by atoms with van der Waals surface area (Å²) in [6.07, 6.45) is 0. The first-order chi connectivity index (χ1) is 9.41. The number of rotatable bonds is 4. The van der Waals surface area contributed by atoms with E-state index in [0.717, 1.165) is 11.1 Å². The van der Waals surface area contributed by atoms with E-state index >= 15 is 0 Å². The standard InChI is InChI=1S/C18H23NO/c1-18(2,3)19(20,14-16-10-6-4-7-11-16)15-17-12-8-5-9-13-17/h4-13H,14-15H2,1-3H3. The molecule has 0 aliphatic heterocycles. The van der Waals surface area contributed by atoms with E-state index in [1.165, 1.54) is 0 Å². The van der Waals surface area contributed by atoms with Gasteiger partial charge in [0.25, 0.3) is 0 Å². The van der Waals surface area contributed by atoms with Gasteiger partial charge in [-0.2, -0.15) is 0 Å². The molecule has 0 N–H and O–H groups in total. The van der Waals surface area contributed by atoms with Crippen LogP contribution in [0.4, 0.5) is 0 Å². The van der Waals surface area contributed by atoms with Gasteiger partial charge in [0.05, 0.1) is 5.54 Å². The van der Waals surface area contributed by atoms with Gasteiger partial charge in [-0.15, -0.1) is 0 Å². The monoisotopic (exact) mass is 269 g/mol. The molecule has 0 atom stereocenters. The zero-order valence-corrected chi connectivity index (χ0v) is 12.5. The van der Waals surface area contributed by atoms with Gasteiger partial charge in [0.2, 0.25) is 0 Å². The van der Waals surface area contributed by atoms with Crippen molar-refractivity contribution in [1.29, 1.82) is 0 Å². The summed E-state index contributed by atoms with van der Waals surface area (Å²) >= 11 is 0. The minimum absolute atomic E-state index is 0.249. The van der Waals surface area contributed by atoms with Crippen molar-refractivity contribution in [2.24, 2.45) is 0 Å². The van der Waals surface area contributed by atoms with E-state index in [-0.39, 0.29) is 10.2 Å². The van der Waals surface area contributed by atoms with Crippen LogP contribution in [0, 0.1) is 5.21 Å². The van der Waals surface area contributed by atoms with Gasteiger partial charge in [0, 0.05) is 11.1 Å². The molecule has 0 bridgehead atoms. The first kappa shape index (κ1) is 14.8. The maximum atomic E-state index is 13.4. The average molecular weight is 269 g/mol. The van der Waals surface area contributed by atoms with Gasteiger partial charge in [0.15, 0.2) is 0 Å². The van der Waals surface area contributed by atoms with Crippen LogP contribution < -0.4 is 0 Å². The van der Waals surface area contributed by atoms with Gasteiger partial charge < -0.3 is 9.85 Å². The summed E-state index contributed by atoms with van der Waals surface area (Å²) in [6, 6.07) is 20.0. The highest BCUT2D eigenvalue weighted by molar-refractivity contribution is 5.15. The van der Waals surface area contributed by atoms with Gasteiger partial charge in [-0.05, 0) is 20.8 Å². The smallest absolute Gasteiger partial charge is 0.105 e. The number of hydrogen-bond acceptors (Lipinski definition) is 1. The van der Waals surface area contributed by atoms with Crippen LogP contribution in [0.25, 0.3) is 0 Å². The number of hydrogen-bond donors (Lipinski definition) is 0. The van der Waals surface area contributed by atoms with E-state index in [9.17, 15) is 5.21 Å². The van der Waals surface area contributed by atoms with Crippen LogP contribution >= 0.6 is 0 Å². The van der Waals surface area contributed by atoms with Crippen LogP contribution in [0.5, 0.6) is 0 Å². The molecule has 20 heavy (non-hydrogen) atoms. The molecule has 0 aromatic heterocycles. The quantitative estimate of drug-likeness (QED) is 0.592. The maximum absolute atomic E-state index is 13.4. The molecule has 106 valence electrons. The maximum Gasteiger partial charge on any atom is 0.105 e. The van der Waals surface area contributed by atoms with E-state index in [1.54, 1.807) is 0 Å². The first-order valence-corrected chi connectivity index (χ1v) is 7.07. The molecule has 0 saturated carbocycles. The minimum atomic E-state index is -0.355. The average Bonchev–Trinajstić information content (AvgIpc) is 2.39. The Hall–Kier alpha value is -1.64. The van der Waals surface area contributed by atoms with Crippen molar-refractivity contribution in [3.8, 4) is 0 Å². The molecular formula is C18H23NO. The van der Waals surface area contributed by atoms with E-state index in [2.05, 4.69) is 0 Å². The second-order valence-corrected chi connectivity index (χ2v) is 6.35. The molecule has 2 aromatic carbocycles. The van der Waals surface area contributed by atoms with Crippen molar-refractivity contribution in [1.82, 2.24) is 0 Å². The molecule has 0 saturated heterocycles. The van der Waals surface area contributed by atoms with Crippen molar-refractivity contribution in [2.45, 2.75) is 39.4 Å². The molecule has 2 rings (SSSR count). The molecular weight excluding hydrogens is 246 g/mol. The lowest BCUT2D eigenvalue weighted by atomic mass is 10.0. The predicted octanol–water partition coefficient (Wildman–Crippen LogP) is 4.50. The lowest BCUT2D eigenvalue weighted by Crippen LogP contribution is -2.54. The Kier molecular flexibility index (Phi) is 4.26. The fourth-order valence-electron chi connectivity index (χ4n) is 2.29. The molecule has 2 aromatic rings. The van der Waals surface area contributed by atoms with E-state index in [0.29, 0.717) is 13.1 Å². The van der Waals surface area contributed by atoms with Crippen LogP contribution in [0.2, 0.25) is 0 Å². The second-order valence-electron chi connectivity index (χ2n) is 6.35. The van der Waals surface area contributed by atoms with Crippen molar-refractivity contribution in [3.63, 3.8) is 0 Å². The number of hydroxylamine groups is 3. The van der Waals surface area contributed by atoms with Gasteiger partial charge in [-0.1, -0.05) is 60.7 Å². The van der Waals surface area contributed by atoms with Gasteiger partial charge in [0.1, 0.15) is 13.1 Å². The Labute approximate surface area is 121 Å². The van der Waals surface area contributed by atoms with E-state index in [4.69, 9.17) is 0 Å². The predicted molar refractivity (Wildman–Crippen MR) is 83.7 cm³/mol. The van der Waals surface area contributed by atoms with Crippen molar-refractivity contribution < 1.29 is 4.65 Å². The third-order valence-electron chi connectivity index (χ3n) is 3.78. The van der Waals surface area contributed by atoms with E-state index in [1.807, 2.05) is 81.4 Å². The lowest BCUT2D eigenvalue weighted by molar-refractivity contribution is -0.951. The molecule has 0 spiro atoms. The van der Waals surface area contributed by atoms with Crippen LogP contribution in [0.1, 0.15) is 31.9 Å². The lowest BCUT2D eigenvalue weighted by Gasteiger charge is -2.53. The number of nitrogens with zero attached hydrogens (tertiary/aromatic N) is 1. The Morgan fingerprint density at radius 3 is 1.40 bits per heavy atom. The summed E-state index contributed by atoms with van der Waals surface area (Å²) in [5, 5.41) is 13.4. The van der Waals surface area contributed by atoms with Gasteiger partial charge >= 0.3 is 0 Å². The highest BCUT2D eigenvalue weighted by Crippen LogP contribution is 2.29. The van der Waals surface area contributed by atoms with Crippen LogP contribution in [0.15, 0.2) is 60.7 Å². The topological polar surface area (TPSA) is 23.1 Å². The highest BCUT2D eigenvalue weighted by Gasteiger charge is 2.32. The third kappa shape index (κ3) is 3.47. The molecule has 0 aliphatic carbocycles. The molecule has 0 amide bonds. The van der Waals surface area contributed by atoms with Crippen LogP contribution in [0.3, 0.4) is 0 Å². The van der Waals surface area contributed by atoms with Crippen molar-refractivity contribution >= 4 is 0 Å². The van der Waals surface area contributed by atoms with E-state index < -0.39 is 0 Å². The molecule has 0 radical (unpaired) electrons. The zero-order chi connectivity index (χ0) is 14.6. The van der Waals surface area contributed by atoms with Crippen molar-refractivity contribution in [2.75, 3.05) is 0 Å². The zero-order valence-electron chi connectivity index (χ0n) is 12.5. The summed E-state index contributed by atoms with van der Waals surface area (Å²) in [4.78, 5) is 0. The fourth-order valence-corrected chi connectivity index (χ4v) is 2.29. The highest BCUT2D eigenvalue weighted by atomic mass is 16.5. The Bertz CT molecular complexity index is 487. The van der Waals surface area contributed by atoms with Gasteiger partial charge in [-0.3, -0.25) is 0 Å². The molecule has 0 aliphatic rings. The summed E-state index contributed by atoms with van der Waals surface area (Å²) in [6.45, 7) is 7.06. The Morgan fingerprint density at radius 1 is 0.750 bits per heavy atom. The SMILES string of the molecule is CC(C)(C)[N+]([O-])(Cc1ccccc1)Cc1ccccc1. The van der Waals surface area contributed by atoms with Crippen molar-refractivity contribution in [3.05, 3.63) is 77.0 Å². The summed E-state index contributed by atoms with van der Waals surface area (Å²) in [5.74, 6) is 0. The Balaban J connectivity index is 2.27. The summed E-state index contributed by atoms with van der Waals surface area (Å²) in [7, 11) is 0. The first-order valence-electron chi connectivity index (χ1n) is 7.07. The molecule has 2 nitrogen and oxygen atoms in total. The molecule has 0 unspecified atom stereocenters. The molecule has 0 heterocycles. The summed E-state index contributed by atoms with van der Waals surface area (Å²) in [5.41, 5.74) is 1.83. The third-order valence-corrected chi connectivity index (χ3v) is 3.78. The second kappa shape index (κ2) is 5.78. The normalized spacial score (nSPS) is 12.4. The summed E-state index contributed by atoms with van der Waals surface area (Å²) < 4.78 is -0.249. The van der Waals surface area contributed by atoms with Crippen LogP contribution in [-0.2, 0) is 13.1 Å².